The molecule has 1 amide bonds. The zero-order valence-electron chi connectivity index (χ0n) is 13.9. The third kappa shape index (κ3) is 3.24. The highest BCUT2D eigenvalue weighted by molar-refractivity contribution is 8.23. The smallest absolute Gasteiger partial charge is 0.263 e. The maximum absolute atomic E-state index is 13.3. The van der Waals surface area contributed by atoms with E-state index in [2.05, 4.69) is 30.7 Å². The number of nitrogens with zero attached hydrogens (tertiary/aromatic N) is 3. The standard InChI is InChI=1S/C17H23N3OS2/c1-17(2,3)14-11-23-16(22)20(14)15(21)12-10-18-7-6-13(12)19-8-4-5-9-19/h6-7,10,14H,4-5,8-9,11H2,1-3H3/t14-/m1/s1. The van der Waals surface area contributed by atoms with E-state index < -0.39 is 0 Å². The molecule has 23 heavy (non-hydrogen) atoms. The summed E-state index contributed by atoms with van der Waals surface area (Å²) in [6.07, 6.45) is 5.82. The molecule has 0 spiro atoms. The van der Waals surface area contributed by atoms with Gasteiger partial charge in [-0.15, -0.1) is 0 Å². The summed E-state index contributed by atoms with van der Waals surface area (Å²) in [5.74, 6) is 0.864. The fourth-order valence-electron chi connectivity index (χ4n) is 3.20. The molecule has 2 fully saturated rings. The molecule has 3 rings (SSSR count). The van der Waals surface area contributed by atoms with Gasteiger partial charge in [0.2, 0.25) is 0 Å². The molecule has 124 valence electrons. The molecule has 1 aromatic rings. The van der Waals surface area contributed by atoms with Crippen molar-refractivity contribution in [3.05, 3.63) is 24.0 Å². The van der Waals surface area contributed by atoms with E-state index in [1.807, 2.05) is 11.0 Å². The fourth-order valence-corrected chi connectivity index (χ4v) is 4.91. The maximum atomic E-state index is 13.3. The summed E-state index contributed by atoms with van der Waals surface area (Å²) >= 11 is 7.08. The van der Waals surface area contributed by atoms with Crippen LogP contribution in [0.15, 0.2) is 18.5 Å². The molecule has 0 aromatic carbocycles. The summed E-state index contributed by atoms with van der Waals surface area (Å²) in [5.41, 5.74) is 1.67. The molecule has 0 radical (unpaired) electrons. The van der Waals surface area contributed by atoms with E-state index in [9.17, 15) is 4.79 Å². The lowest BCUT2D eigenvalue weighted by Crippen LogP contribution is -2.46. The third-order valence-corrected chi connectivity index (χ3v) is 6.04. The van der Waals surface area contributed by atoms with Crippen molar-refractivity contribution in [2.45, 2.75) is 39.7 Å². The highest BCUT2D eigenvalue weighted by atomic mass is 32.2. The normalized spacial score (nSPS) is 22.0. The van der Waals surface area contributed by atoms with E-state index in [4.69, 9.17) is 12.2 Å². The molecule has 0 bridgehead atoms. The van der Waals surface area contributed by atoms with Gasteiger partial charge in [-0.1, -0.05) is 44.8 Å². The molecule has 6 heteroatoms. The number of aromatic nitrogens is 1. The van der Waals surface area contributed by atoms with Gasteiger partial charge in [0.05, 0.1) is 17.3 Å². The molecule has 0 N–H and O–H groups in total. The Morgan fingerprint density at radius 3 is 2.70 bits per heavy atom. The lowest BCUT2D eigenvalue weighted by molar-refractivity contribution is 0.0751. The second-order valence-corrected chi connectivity index (χ2v) is 8.87. The van der Waals surface area contributed by atoms with Crippen LogP contribution in [0.4, 0.5) is 5.69 Å². The Kier molecular flexibility index (Phi) is 4.65. The lowest BCUT2D eigenvalue weighted by atomic mass is 9.87. The van der Waals surface area contributed by atoms with Crippen molar-refractivity contribution in [2.75, 3.05) is 23.7 Å². The highest BCUT2D eigenvalue weighted by Gasteiger charge is 2.42. The predicted octanol–water partition coefficient (Wildman–Crippen LogP) is 3.57. The van der Waals surface area contributed by atoms with Crippen molar-refractivity contribution in [3.8, 4) is 0 Å². The number of pyridine rings is 1. The Hall–Kier alpha value is -1.14. The van der Waals surface area contributed by atoms with Gasteiger partial charge in [0, 0.05) is 31.2 Å². The Morgan fingerprint density at radius 2 is 2.04 bits per heavy atom. The van der Waals surface area contributed by atoms with Gasteiger partial charge in [-0.3, -0.25) is 14.7 Å². The summed E-state index contributed by atoms with van der Waals surface area (Å²) in [7, 11) is 0. The van der Waals surface area contributed by atoms with Crippen LogP contribution in [0.2, 0.25) is 0 Å². The van der Waals surface area contributed by atoms with E-state index in [0.717, 1.165) is 24.5 Å². The molecule has 0 saturated carbocycles. The Bertz CT molecular complexity index is 621. The van der Waals surface area contributed by atoms with Gasteiger partial charge < -0.3 is 4.90 Å². The van der Waals surface area contributed by atoms with E-state index in [-0.39, 0.29) is 17.4 Å². The maximum Gasteiger partial charge on any atom is 0.263 e. The fraction of sp³-hybridized carbons (Fsp3) is 0.588. The largest absolute Gasteiger partial charge is 0.371 e. The van der Waals surface area contributed by atoms with Crippen LogP contribution >= 0.6 is 24.0 Å². The van der Waals surface area contributed by atoms with Crippen LogP contribution in [0.5, 0.6) is 0 Å². The van der Waals surface area contributed by atoms with Gasteiger partial charge in [0.1, 0.15) is 4.32 Å². The lowest BCUT2D eigenvalue weighted by Gasteiger charge is -2.34. The first-order valence-corrected chi connectivity index (χ1v) is 9.48. The van der Waals surface area contributed by atoms with Crippen molar-refractivity contribution in [1.29, 1.82) is 0 Å². The molecule has 1 aromatic heterocycles. The molecular weight excluding hydrogens is 326 g/mol. The quantitative estimate of drug-likeness (QED) is 0.763. The van der Waals surface area contributed by atoms with Crippen LogP contribution in [-0.4, -0.2) is 45.0 Å². The molecule has 3 heterocycles. The second kappa shape index (κ2) is 6.40. The van der Waals surface area contributed by atoms with E-state index in [1.54, 1.807) is 24.2 Å². The van der Waals surface area contributed by atoms with Gasteiger partial charge >= 0.3 is 0 Å². The third-order valence-electron chi connectivity index (χ3n) is 4.57. The van der Waals surface area contributed by atoms with Crippen LogP contribution in [0.25, 0.3) is 0 Å². The molecule has 1 atom stereocenters. The van der Waals surface area contributed by atoms with E-state index in [1.165, 1.54) is 12.8 Å². The summed E-state index contributed by atoms with van der Waals surface area (Å²) in [5, 5.41) is 0. The first kappa shape index (κ1) is 16.7. The van der Waals surface area contributed by atoms with E-state index in [0.29, 0.717) is 9.88 Å². The van der Waals surface area contributed by atoms with Crippen LogP contribution in [0, 0.1) is 5.41 Å². The molecule has 2 saturated heterocycles. The van der Waals surface area contributed by atoms with Crippen LogP contribution < -0.4 is 4.90 Å². The first-order valence-electron chi connectivity index (χ1n) is 8.09. The molecule has 0 unspecified atom stereocenters. The minimum absolute atomic E-state index is 0.000757. The molecule has 2 aliphatic heterocycles. The van der Waals surface area contributed by atoms with Gasteiger partial charge in [-0.25, -0.2) is 0 Å². The Morgan fingerprint density at radius 1 is 1.35 bits per heavy atom. The first-order chi connectivity index (χ1) is 10.9. The number of thiocarbonyl (C=S) groups is 1. The van der Waals surface area contributed by atoms with Crippen LogP contribution in [-0.2, 0) is 0 Å². The van der Waals surface area contributed by atoms with E-state index >= 15 is 0 Å². The summed E-state index contributed by atoms with van der Waals surface area (Å²) < 4.78 is 0.686. The number of anilines is 1. The molecule has 0 aliphatic carbocycles. The second-order valence-electron chi connectivity index (χ2n) is 7.22. The van der Waals surface area contributed by atoms with Crippen molar-refractivity contribution in [1.82, 2.24) is 9.88 Å². The summed E-state index contributed by atoms with van der Waals surface area (Å²) in [6.45, 7) is 8.50. The Labute approximate surface area is 147 Å². The molecular formula is C17H23N3OS2. The predicted molar refractivity (Wildman–Crippen MR) is 100 cm³/mol. The van der Waals surface area contributed by atoms with Crippen molar-refractivity contribution in [3.63, 3.8) is 0 Å². The average molecular weight is 350 g/mol. The Balaban J connectivity index is 1.95. The topological polar surface area (TPSA) is 36.4 Å². The van der Waals surface area contributed by atoms with Gasteiger partial charge in [-0.2, -0.15) is 0 Å². The average Bonchev–Trinajstić information content (AvgIpc) is 3.15. The van der Waals surface area contributed by atoms with Crippen LogP contribution in [0.1, 0.15) is 44.0 Å². The van der Waals surface area contributed by atoms with Crippen molar-refractivity contribution in [2.24, 2.45) is 5.41 Å². The number of rotatable bonds is 2. The monoisotopic (exact) mass is 349 g/mol. The summed E-state index contributed by atoms with van der Waals surface area (Å²) in [4.78, 5) is 21.5. The van der Waals surface area contributed by atoms with Gasteiger partial charge in [0.25, 0.3) is 5.91 Å². The zero-order chi connectivity index (χ0) is 16.6. The highest BCUT2D eigenvalue weighted by Crippen LogP contribution is 2.37. The van der Waals surface area contributed by atoms with Crippen molar-refractivity contribution >= 4 is 39.9 Å². The number of thioether (sulfide) groups is 1. The number of hydrogen-bond acceptors (Lipinski definition) is 5. The molecule has 4 nitrogen and oxygen atoms in total. The minimum atomic E-state index is -0.00470. The van der Waals surface area contributed by atoms with Gasteiger partial charge in [0.15, 0.2) is 0 Å². The number of amides is 1. The molecule has 2 aliphatic rings. The SMILES string of the molecule is CC(C)(C)[C@H]1CSC(=S)N1C(=O)c1cnccc1N1CCCC1. The van der Waals surface area contributed by atoms with Gasteiger partial charge in [-0.05, 0) is 24.3 Å². The number of carbonyl (C=O) groups is 1. The number of carbonyl (C=O) groups excluding carboxylic acids is 1. The summed E-state index contributed by atoms with van der Waals surface area (Å²) in [6, 6.07) is 2.08. The minimum Gasteiger partial charge on any atom is -0.371 e. The van der Waals surface area contributed by atoms with Crippen LogP contribution in [0.3, 0.4) is 0 Å². The zero-order valence-corrected chi connectivity index (χ0v) is 15.5. The van der Waals surface area contributed by atoms with Crippen molar-refractivity contribution < 1.29 is 4.79 Å². The number of hydrogen-bond donors (Lipinski definition) is 0.